The molecule has 1 N–H and O–H groups in total. The normalized spacial score (nSPS) is 17.3. The lowest BCUT2D eigenvalue weighted by atomic mass is 9.90. The van der Waals surface area contributed by atoms with Crippen molar-refractivity contribution in [1.82, 2.24) is 9.29 Å². The molecule has 0 fully saturated rings. The molecule has 29 heavy (non-hydrogen) atoms. The van der Waals surface area contributed by atoms with Crippen LogP contribution in [-0.2, 0) is 22.2 Å². The number of benzene rings is 3. The van der Waals surface area contributed by atoms with Crippen molar-refractivity contribution < 1.29 is 8.42 Å². The summed E-state index contributed by atoms with van der Waals surface area (Å²) in [4.78, 5) is 3.32. The van der Waals surface area contributed by atoms with E-state index in [2.05, 4.69) is 23.2 Å². The number of fused-ring (bicyclic) bond motifs is 2. The molecule has 0 spiro atoms. The van der Waals surface area contributed by atoms with Crippen molar-refractivity contribution >= 4 is 20.9 Å². The highest BCUT2D eigenvalue weighted by Gasteiger charge is 2.37. The first-order valence-corrected chi connectivity index (χ1v) is 11.4. The Hall–Kier alpha value is -2.89. The highest BCUT2D eigenvalue weighted by Crippen LogP contribution is 2.40. The summed E-state index contributed by atoms with van der Waals surface area (Å²) in [7, 11) is -3.50. The van der Waals surface area contributed by atoms with Gasteiger partial charge < -0.3 is 4.98 Å². The van der Waals surface area contributed by atoms with Crippen LogP contribution in [0.4, 0.5) is 0 Å². The fourth-order valence-electron chi connectivity index (χ4n) is 4.35. The van der Waals surface area contributed by atoms with Crippen LogP contribution < -0.4 is 0 Å². The van der Waals surface area contributed by atoms with E-state index >= 15 is 0 Å². The largest absolute Gasteiger partial charge is 0.361 e. The molecule has 0 unspecified atom stereocenters. The summed E-state index contributed by atoms with van der Waals surface area (Å²) in [6, 6.07) is 25.3. The van der Waals surface area contributed by atoms with Crippen LogP contribution in [0.5, 0.6) is 0 Å². The van der Waals surface area contributed by atoms with E-state index in [1.165, 1.54) is 5.56 Å². The predicted molar refractivity (Wildman–Crippen MR) is 116 cm³/mol. The molecule has 146 valence electrons. The van der Waals surface area contributed by atoms with Crippen molar-refractivity contribution in [2.75, 3.05) is 6.54 Å². The van der Waals surface area contributed by atoms with Crippen LogP contribution in [0.1, 0.15) is 28.3 Å². The van der Waals surface area contributed by atoms with Crippen molar-refractivity contribution in [3.63, 3.8) is 0 Å². The molecule has 2 heterocycles. The summed E-state index contributed by atoms with van der Waals surface area (Å²) in [5.41, 5.74) is 5.12. The lowest BCUT2D eigenvalue weighted by Gasteiger charge is -2.36. The third kappa shape index (κ3) is 3.26. The molecule has 5 heteroatoms. The number of para-hydroxylation sites is 1. The molecule has 1 aliphatic rings. The number of aromatic amines is 1. The molecule has 1 atom stereocenters. The molecule has 0 radical (unpaired) electrons. The number of H-pyrrole nitrogens is 1. The van der Waals surface area contributed by atoms with Gasteiger partial charge in [-0.15, -0.1) is 0 Å². The number of rotatable bonds is 4. The highest BCUT2D eigenvalue weighted by molar-refractivity contribution is 7.88. The van der Waals surface area contributed by atoms with Crippen LogP contribution in [0.3, 0.4) is 0 Å². The van der Waals surface area contributed by atoms with Gasteiger partial charge in [-0.25, -0.2) is 8.42 Å². The average molecular weight is 403 g/mol. The number of nitrogens with one attached hydrogen (secondary N) is 1. The number of nitrogens with zero attached hydrogens (tertiary/aromatic N) is 1. The molecule has 1 aromatic heterocycles. The van der Waals surface area contributed by atoms with Gasteiger partial charge in [0.05, 0.1) is 11.8 Å². The summed E-state index contributed by atoms with van der Waals surface area (Å²) in [6.45, 7) is 0.482. The van der Waals surface area contributed by atoms with Gasteiger partial charge in [0.25, 0.3) is 0 Å². The lowest BCUT2D eigenvalue weighted by molar-refractivity contribution is 0.345. The summed E-state index contributed by atoms with van der Waals surface area (Å²) in [6.07, 6.45) is 2.69. The summed E-state index contributed by atoms with van der Waals surface area (Å²) in [5.74, 6) is 0.00879. The van der Waals surface area contributed by atoms with Gasteiger partial charge in [0.15, 0.2) is 0 Å². The first-order valence-electron chi connectivity index (χ1n) is 9.81. The van der Waals surface area contributed by atoms with Gasteiger partial charge in [0.2, 0.25) is 10.0 Å². The molecule has 1 aliphatic heterocycles. The molecule has 3 aromatic carbocycles. The Morgan fingerprint density at radius 2 is 1.59 bits per heavy atom. The maximum Gasteiger partial charge on any atom is 0.219 e. The second-order valence-corrected chi connectivity index (χ2v) is 9.42. The van der Waals surface area contributed by atoms with Crippen molar-refractivity contribution in [3.8, 4) is 0 Å². The Morgan fingerprint density at radius 3 is 2.45 bits per heavy atom. The molecule has 0 saturated carbocycles. The number of sulfonamides is 1. The van der Waals surface area contributed by atoms with E-state index in [0.717, 1.165) is 34.0 Å². The number of hydrogen-bond acceptors (Lipinski definition) is 2. The molecular weight excluding hydrogens is 380 g/mol. The Labute approximate surface area is 170 Å². The maximum atomic E-state index is 13.5. The Balaban J connectivity index is 1.65. The van der Waals surface area contributed by atoms with E-state index in [0.29, 0.717) is 6.54 Å². The molecular formula is C24H22N2O2S. The zero-order valence-electron chi connectivity index (χ0n) is 16.0. The fraction of sp³-hybridized carbons (Fsp3) is 0.167. The Bertz CT molecular complexity index is 1260. The maximum absolute atomic E-state index is 13.5. The van der Waals surface area contributed by atoms with Crippen LogP contribution in [-0.4, -0.2) is 24.3 Å². The third-order valence-electron chi connectivity index (χ3n) is 5.70. The number of hydrogen-bond donors (Lipinski definition) is 1. The van der Waals surface area contributed by atoms with Gasteiger partial charge in [-0.05, 0) is 29.2 Å². The SMILES string of the molecule is O=S(=O)(Cc1ccccc1)N1CCc2ccccc2[C@H]1c1c[nH]c2ccccc12. The van der Waals surface area contributed by atoms with E-state index in [1.807, 2.05) is 66.9 Å². The monoisotopic (exact) mass is 402 g/mol. The lowest BCUT2D eigenvalue weighted by Crippen LogP contribution is -2.41. The van der Waals surface area contributed by atoms with Gasteiger partial charge in [-0.1, -0.05) is 72.8 Å². The van der Waals surface area contributed by atoms with Crippen LogP contribution in [0.2, 0.25) is 0 Å². The molecule has 0 saturated heterocycles. The first kappa shape index (κ1) is 18.2. The fourth-order valence-corrected chi connectivity index (χ4v) is 6.05. The van der Waals surface area contributed by atoms with Crippen LogP contribution in [0, 0.1) is 0 Å². The molecule has 0 amide bonds. The molecule has 4 nitrogen and oxygen atoms in total. The van der Waals surface area contributed by atoms with Gasteiger partial charge in [-0.3, -0.25) is 0 Å². The van der Waals surface area contributed by atoms with Crippen molar-refractivity contribution in [2.45, 2.75) is 18.2 Å². The van der Waals surface area contributed by atoms with E-state index in [9.17, 15) is 8.42 Å². The number of aromatic nitrogens is 1. The first-order chi connectivity index (χ1) is 14.1. The van der Waals surface area contributed by atoms with Crippen molar-refractivity contribution in [1.29, 1.82) is 0 Å². The second kappa shape index (κ2) is 7.17. The minimum absolute atomic E-state index is 0.00879. The van der Waals surface area contributed by atoms with Crippen LogP contribution in [0.25, 0.3) is 10.9 Å². The van der Waals surface area contributed by atoms with E-state index in [4.69, 9.17) is 0 Å². The van der Waals surface area contributed by atoms with Crippen molar-refractivity contribution in [2.24, 2.45) is 0 Å². The van der Waals surface area contributed by atoms with Gasteiger partial charge in [-0.2, -0.15) is 4.31 Å². The minimum atomic E-state index is -3.50. The van der Waals surface area contributed by atoms with Gasteiger partial charge in [0, 0.05) is 29.2 Å². The minimum Gasteiger partial charge on any atom is -0.361 e. The van der Waals surface area contributed by atoms with E-state index in [-0.39, 0.29) is 11.8 Å². The standard InChI is InChI=1S/C24H22N2O2S/c27-29(28,17-18-8-2-1-3-9-18)26-15-14-19-10-4-5-11-20(19)24(26)22-16-25-23-13-7-6-12-21(22)23/h1-13,16,24-25H,14-15,17H2/t24-/m0/s1. The topological polar surface area (TPSA) is 53.2 Å². The zero-order chi connectivity index (χ0) is 19.8. The highest BCUT2D eigenvalue weighted by atomic mass is 32.2. The summed E-state index contributed by atoms with van der Waals surface area (Å²) < 4.78 is 28.7. The Morgan fingerprint density at radius 1 is 0.862 bits per heavy atom. The van der Waals surface area contributed by atoms with Crippen LogP contribution >= 0.6 is 0 Å². The molecule has 0 aliphatic carbocycles. The molecule has 5 rings (SSSR count). The van der Waals surface area contributed by atoms with E-state index in [1.54, 1.807) is 4.31 Å². The summed E-state index contributed by atoms with van der Waals surface area (Å²) >= 11 is 0. The quantitative estimate of drug-likeness (QED) is 0.540. The molecule has 0 bridgehead atoms. The van der Waals surface area contributed by atoms with Gasteiger partial charge >= 0.3 is 0 Å². The molecule has 4 aromatic rings. The van der Waals surface area contributed by atoms with E-state index < -0.39 is 10.0 Å². The summed E-state index contributed by atoms with van der Waals surface area (Å²) in [5, 5.41) is 1.06. The van der Waals surface area contributed by atoms with Gasteiger partial charge in [0.1, 0.15) is 0 Å². The zero-order valence-corrected chi connectivity index (χ0v) is 16.8. The second-order valence-electron chi connectivity index (χ2n) is 7.49. The third-order valence-corrected chi connectivity index (χ3v) is 7.51. The predicted octanol–water partition coefficient (Wildman–Crippen LogP) is 4.65. The smallest absolute Gasteiger partial charge is 0.219 e. The van der Waals surface area contributed by atoms with Crippen LogP contribution in [0.15, 0.2) is 85.1 Å². The average Bonchev–Trinajstić information content (AvgIpc) is 3.17. The Kier molecular flexibility index (Phi) is 4.49. The van der Waals surface area contributed by atoms with Crippen molar-refractivity contribution in [3.05, 3.63) is 107 Å².